The van der Waals surface area contributed by atoms with Crippen LogP contribution in [0.5, 0.6) is 5.75 Å². The number of aryl methyl sites for hydroxylation is 2. The molecule has 0 spiro atoms. The quantitative estimate of drug-likeness (QED) is 0.601. The topological polar surface area (TPSA) is 48.4 Å². The van der Waals surface area contributed by atoms with E-state index in [0.717, 1.165) is 22.0 Å². The summed E-state index contributed by atoms with van der Waals surface area (Å²) in [6, 6.07) is 5.70. The average molecular weight is 245 g/mol. The predicted molar refractivity (Wildman–Crippen MR) is 68.9 cm³/mol. The van der Waals surface area contributed by atoms with Crippen molar-refractivity contribution < 1.29 is 14.3 Å². The van der Waals surface area contributed by atoms with Crippen molar-refractivity contribution >= 4 is 17.1 Å². The predicted octanol–water partition coefficient (Wildman–Crippen LogP) is 3.39. The second-order valence-corrected chi connectivity index (χ2v) is 4.11. The Kier molecular flexibility index (Phi) is 3.46. The van der Waals surface area contributed by atoms with Gasteiger partial charge < -0.3 is 9.47 Å². The van der Waals surface area contributed by atoms with E-state index in [1.54, 1.807) is 6.92 Å². The Bertz CT molecular complexity index is 593. The van der Waals surface area contributed by atoms with Crippen molar-refractivity contribution in [2.24, 2.45) is 0 Å². The number of carbonyl (C=O) groups excluding carboxylic acids is 1. The molecule has 0 amide bonds. The molecule has 0 radical (unpaired) electrons. The van der Waals surface area contributed by atoms with E-state index >= 15 is 0 Å². The standard InChI is InChI=1S/C14H15NO3/c1-4-17-14(16)18-13-7-11-5-9(2)8-15-12(11)6-10(13)3/h5-8H,4H2,1-3H3. The van der Waals surface area contributed by atoms with Crippen molar-refractivity contribution in [1.82, 2.24) is 4.98 Å². The molecule has 0 aliphatic heterocycles. The Balaban J connectivity index is 2.38. The van der Waals surface area contributed by atoms with Crippen molar-refractivity contribution in [3.05, 3.63) is 35.5 Å². The minimum Gasteiger partial charge on any atom is -0.434 e. The lowest BCUT2D eigenvalue weighted by molar-refractivity contribution is 0.104. The van der Waals surface area contributed by atoms with Crippen LogP contribution >= 0.6 is 0 Å². The van der Waals surface area contributed by atoms with Gasteiger partial charge in [-0.05, 0) is 50.1 Å². The molecule has 0 bridgehead atoms. The molecule has 0 saturated carbocycles. The molecule has 1 heterocycles. The van der Waals surface area contributed by atoms with Crippen LogP contribution in [-0.2, 0) is 4.74 Å². The number of carbonyl (C=O) groups is 1. The third-order valence-electron chi connectivity index (χ3n) is 2.57. The SMILES string of the molecule is CCOC(=O)Oc1cc2cc(C)cnc2cc1C. The van der Waals surface area contributed by atoms with E-state index in [-0.39, 0.29) is 0 Å². The van der Waals surface area contributed by atoms with Gasteiger partial charge in [0.1, 0.15) is 5.75 Å². The normalized spacial score (nSPS) is 10.4. The van der Waals surface area contributed by atoms with Gasteiger partial charge in [0.05, 0.1) is 12.1 Å². The molecule has 0 aliphatic rings. The minimum absolute atomic E-state index is 0.298. The first-order valence-corrected chi connectivity index (χ1v) is 5.81. The monoisotopic (exact) mass is 245 g/mol. The zero-order chi connectivity index (χ0) is 13.1. The summed E-state index contributed by atoms with van der Waals surface area (Å²) < 4.78 is 9.90. The maximum atomic E-state index is 11.3. The molecular formula is C14H15NO3. The minimum atomic E-state index is -0.680. The molecular weight excluding hydrogens is 230 g/mol. The van der Waals surface area contributed by atoms with Crippen LogP contribution in [-0.4, -0.2) is 17.7 Å². The van der Waals surface area contributed by atoms with Gasteiger partial charge in [-0.15, -0.1) is 0 Å². The molecule has 0 unspecified atom stereocenters. The Hall–Kier alpha value is -2.10. The molecule has 2 rings (SSSR count). The van der Waals surface area contributed by atoms with Gasteiger partial charge in [0.15, 0.2) is 0 Å². The summed E-state index contributed by atoms with van der Waals surface area (Å²) in [6.07, 6.45) is 1.13. The number of aromatic nitrogens is 1. The lowest BCUT2D eigenvalue weighted by Gasteiger charge is -2.08. The second-order valence-electron chi connectivity index (χ2n) is 4.11. The Morgan fingerprint density at radius 2 is 2.06 bits per heavy atom. The molecule has 0 atom stereocenters. The first-order valence-electron chi connectivity index (χ1n) is 5.81. The summed E-state index contributed by atoms with van der Waals surface area (Å²) in [7, 11) is 0. The molecule has 1 aromatic heterocycles. The van der Waals surface area contributed by atoms with Crippen LogP contribution < -0.4 is 4.74 Å². The molecule has 0 N–H and O–H groups in total. The molecule has 0 fully saturated rings. The molecule has 0 aliphatic carbocycles. The summed E-state index contributed by atoms with van der Waals surface area (Å²) in [6.45, 7) is 5.88. The highest BCUT2D eigenvalue weighted by molar-refractivity contribution is 5.82. The molecule has 4 heteroatoms. The number of benzene rings is 1. The highest BCUT2D eigenvalue weighted by atomic mass is 16.7. The summed E-state index contributed by atoms with van der Waals surface area (Å²) in [4.78, 5) is 15.6. The van der Waals surface area contributed by atoms with Crippen molar-refractivity contribution in [3.63, 3.8) is 0 Å². The van der Waals surface area contributed by atoms with Crippen LogP contribution in [0.1, 0.15) is 18.1 Å². The smallest absolute Gasteiger partial charge is 0.434 e. The zero-order valence-electron chi connectivity index (χ0n) is 10.7. The largest absolute Gasteiger partial charge is 0.513 e. The number of hydrogen-bond acceptors (Lipinski definition) is 4. The third kappa shape index (κ3) is 2.59. The van der Waals surface area contributed by atoms with Gasteiger partial charge in [0, 0.05) is 11.6 Å². The summed E-state index contributed by atoms with van der Waals surface area (Å²) in [5, 5.41) is 0.944. The van der Waals surface area contributed by atoms with E-state index in [1.807, 2.05) is 38.2 Å². The number of nitrogens with zero attached hydrogens (tertiary/aromatic N) is 1. The van der Waals surface area contributed by atoms with Crippen LogP contribution in [0.4, 0.5) is 4.79 Å². The molecule has 4 nitrogen and oxygen atoms in total. The number of rotatable bonds is 2. The van der Waals surface area contributed by atoms with Crippen molar-refractivity contribution in [2.75, 3.05) is 6.61 Å². The van der Waals surface area contributed by atoms with Gasteiger partial charge in [-0.3, -0.25) is 4.98 Å². The van der Waals surface area contributed by atoms with E-state index in [0.29, 0.717) is 12.4 Å². The van der Waals surface area contributed by atoms with E-state index in [1.165, 1.54) is 0 Å². The van der Waals surface area contributed by atoms with Crippen LogP contribution in [0.3, 0.4) is 0 Å². The summed E-state index contributed by atoms with van der Waals surface area (Å²) in [5.74, 6) is 0.508. The Labute approximate surface area is 106 Å². The van der Waals surface area contributed by atoms with E-state index in [4.69, 9.17) is 9.47 Å². The van der Waals surface area contributed by atoms with Crippen LogP contribution in [0.15, 0.2) is 24.4 Å². The van der Waals surface area contributed by atoms with Crippen molar-refractivity contribution in [1.29, 1.82) is 0 Å². The third-order valence-corrected chi connectivity index (χ3v) is 2.57. The molecule has 2 aromatic rings. The first-order chi connectivity index (χ1) is 8.60. The van der Waals surface area contributed by atoms with Crippen LogP contribution in [0, 0.1) is 13.8 Å². The fourth-order valence-electron chi connectivity index (χ4n) is 1.72. The molecule has 1 aromatic carbocycles. The fourth-order valence-corrected chi connectivity index (χ4v) is 1.72. The number of hydrogen-bond donors (Lipinski definition) is 0. The van der Waals surface area contributed by atoms with Gasteiger partial charge in [0.2, 0.25) is 0 Å². The van der Waals surface area contributed by atoms with E-state index < -0.39 is 6.16 Å². The van der Waals surface area contributed by atoms with Gasteiger partial charge in [-0.2, -0.15) is 0 Å². The highest BCUT2D eigenvalue weighted by Crippen LogP contribution is 2.25. The molecule has 18 heavy (non-hydrogen) atoms. The zero-order valence-corrected chi connectivity index (χ0v) is 10.7. The maximum Gasteiger partial charge on any atom is 0.513 e. The van der Waals surface area contributed by atoms with Crippen LogP contribution in [0.2, 0.25) is 0 Å². The van der Waals surface area contributed by atoms with E-state index in [9.17, 15) is 4.79 Å². The second kappa shape index (κ2) is 5.04. The molecule has 94 valence electrons. The lowest BCUT2D eigenvalue weighted by Crippen LogP contribution is -2.10. The fraction of sp³-hybridized carbons (Fsp3) is 0.286. The summed E-state index contributed by atoms with van der Waals surface area (Å²) >= 11 is 0. The van der Waals surface area contributed by atoms with Gasteiger partial charge in [0.25, 0.3) is 0 Å². The number of ether oxygens (including phenoxy) is 2. The van der Waals surface area contributed by atoms with Crippen LogP contribution in [0.25, 0.3) is 10.9 Å². The molecule has 0 saturated heterocycles. The van der Waals surface area contributed by atoms with E-state index in [2.05, 4.69) is 4.98 Å². The summed E-state index contributed by atoms with van der Waals surface area (Å²) in [5.41, 5.74) is 2.80. The number of pyridine rings is 1. The Morgan fingerprint density at radius 3 is 2.78 bits per heavy atom. The van der Waals surface area contributed by atoms with Gasteiger partial charge >= 0.3 is 6.16 Å². The number of fused-ring (bicyclic) bond motifs is 1. The highest BCUT2D eigenvalue weighted by Gasteiger charge is 2.09. The van der Waals surface area contributed by atoms with Crippen molar-refractivity contribution in [2.45, 2.75) is 20.8 Å². The lowest BCUT2D eigenvalue weighted by atomic mass is 10.1. The first kappa shape index (κ1) is 12.4. The Morgan fingerprint density at radius 1 is 1.28 bits per heavy atom. The average Bonchev–Trinajstić information content (AvgIpc) is 2.31. The van der Waals surface area contributed by atoms with Gasteiger partial charge in [-0.25, -0.2) is 4.79 Å². The van der Waals surface area contributed by atoms with Gasteiger partial charge in [-0.1, -0.05) is 0 Å². The van der Waals surface area contributed by atoms with Crippen molar-refractivity contribution in [3.8, 4) is 5.75 Å². The maximum absolute atomic E-state index is 11.3.